The van der Waals surface area contributed by atoms with Crippen molar-refractivity contribution in [3.8, 4) is 0 Å². The van der Waals surface area contributed by atoms with Gasteiger partial charge in [0, 0.05) is 13.8 Å². The third-order valence-electron chi connectivity index (χ3n) is 4.92. The van der Waals surface area contributed by atoms with Gasteiger partial charge in [0.15, 0.2) is 0 Å². The first-order valence-electron chi connectivity index (χ1n) is 10.4. The maximum atomic E-state index is 11.6. The maximum absolute atomic E-state index is 11.6. The Morgan fingerprint density at radius 1 is 0.844 bits per heavy atom. The Morgan fingerprint density at radius 3 is 1.88 bits per heavy atom. The van der Waals surface area contributed by atoms with Gasteiger partial charge < -0.3 is 28.8 Å². The molecule has 8 heteroatoms. The second kappa shape index (κ2) is 11.7. The number of aliphatic hydroxyl groups is 1. The van der Waals surface area contributed by atoms with E-state index in [0.717, 1.165) is 11.1 Å². The average Bonchev–Trinajstić information content (AvgIpc) is 2.77. The van der Waals surface area contributed by atoms with Crippen LogP contribution in [0.15, 0.2) is 60.7 Å². The van der Waals surface area contributed by atoms with E-state index in [2.05, 4.69) is 0 Å². The van der Waals surface area contributed by atoms with E-state index in [1.54, 1.807) is 0 Å². The molecule has 3 rings (SSSR count). The van der Waals surface area contributed by atoms with Crippen molar-refractivity contribution in [3.05, 3.63) is 71.8 Å². The van der Waals surface area contributed by atoms with Crippen molar-refractivity contribution >= 4 is 11.9 Å². The molecule has 1 aliphatic rings. The predicted molar refractivity (Wildman–Crippen MR) is 113 cm³/mol. The summed E-state index contributed by atoms with van der Waals surface area (Å²) in [6.07, 6.45) is -5.15. The van der Waals surface area contributed by atoms with Gasteiger partial charge in [-0.2, -0.15) is 0 Å². The minimum absolute atomic E-state index is 0.170. The fraction of sp³-hybridized carbons (Fsp3) is 0.417. The van der Waals surface area contributed by atoms with Crippen molar-refractivity contribution in [2.75, 3.05) is 6.61 Å². The summed E-state index contributed by atoms with van der Waals surface area (Å²) in [6, 6.07) is 18.8. The topological polar surface area (TPSA) is 101 Å². The van der Waals surface area contributed by atoms with Crippen LogP contribution in [0.4, 0.5) is 0 Å². The first-order chi connectivity index (χ1) is 15.4. The maximum Gasteiger partial charge on any atom is 0.305 e. The van der Waals surface area contributed by atoms with Crippen molar-refractivity contribution < 1.29 is 38.4 Å². The molecular weight excluding hydrogens is 416 g/mol. The highest BCUT2D eigenvalue weighted by Gasteiger charge is 2.48. The van der Waals surface area contributed by atoms with Crippen molar-refractivity contribution in [3.63, 3.8) is 0 Å². The van der Waals surface area contributed by atoms with Crippen LogP contribution in [0.3, 0.4) is 0 Å². The number of hydrogen-bond donors (Lipinski definition) is 1. The van der Waals surface area contributed by atoms with Crippen molar-refractivity contribution in [2.24, 2.45) is 0 Å². The van der Waals surface area contributed by atoms with Crippen molar-refractivity contribution in [2.45, 2.75) is 57.8 Å². The lowest BCUT2D eigenvalue weighted by Gasteiger charge is -2.43. The molecule has 1 heterocycles. The second-order valence-electron chi connectivity index (χ2n) is 7.47. The molecule has 1 saturated heterocycles. The molecule has 2 aromatic rings. The molecule has 8 nitrogen and oxygen atoms in total. The summed E-state index contributed by atoms with van der Waals surface area (Å²) in [5.41, 5.74) is 1.78. The van der Waals surface area contributed by atoms with Crippen LogP contribution in [-0.4, -0.2) is 54.4 Å². The van der Waals surface area contributed by atoms with Gasteiger partial charge in [0.2, 0.25) is 6.29 Å². The monoisotopic (exact) mass is 444 g/mol. The number of rotatable bonds is 9. The van der Waals surface area contributed by atoms with E-state index in [9.17, 15) is 14.7 Å². The van der Waals surface area contributed by atoms with Gasteiger partial charge in [-0.3, -0.25) is 9.59 Å². The van der Waals surface area contributed by atoms with Crippen LogP contribution in [0.1, 0.15) is 25.0 Å². The number of ether oxygens (including phenoxy) is 5. The van der Waals surface area contributed by atoms with Gasteiger partial charge in [-0.25, -0.2) is 0 Å². The van der Waals surface area contributed by atoms with Gasteiger partial charge in [-0.05, 0) is 11.1 Å². The van der Waals surface area contributed by atoms with Gasteiger partial charge in [0.25, 0.3) is 0 Å². The van der Waals surface area contributed by atoms with Crippen LogP contribution in [0.5, 0.6) is 0 Å². The number of hydrogen-bond acceptors (Lipinski definition) is 8. The molecule has 32 heavy (non-hydrogen) atoms. The van der Waals surface area contributed by atoms with Crippen molar-refractivity contribution in [1.29, 1.82) is 0 Å². The van der Waals surface area contributed by atoms with Gasteiger partial charge >= 0.3 is 11.9 Å². The molecule has 1 N–H and O–H groups in total. The van der Waals surface area contributed by atoms with Crippen LogP contribution < -0.4 is 0 Å². The number of carbonyl (C=O) groups excluding carboxylic acids is 2. The zero-order valence-corrected chi connectivity index (χ0v) is 18.1. The minimum atomic E-state index is -1.21. The third-order valence-corrected chi connectivity index (χ3v) is 4.92. The van der Waals surface area contributed by atoms with E-state index in [1.807, 2.05) is 60.7 Å². The second-order valence-corrected chi connectivity index (χ2v) is 7.47. The van der Waals surface area contributed by atoms with E-state index < -0.39 is 42.6 Å². The molecule has 0 saturated carbocycles. The number of aliphatic hydroxyl groups excluding tert-OH is 1. The summed E-state index contributed by atoms with van der Waals surface area (Å²) in [5, 5.41) is 11.1. The molecule has 5 atom stereocenters. The van der Waals surface area contributed by atoms with Crippen LogP contribution in [0.25, 0.3) is 0 Å². The Bertz CT molecular complexity index is 857. The van der Waals surface area contributed by atoms with E-state index in [0.29, 0.717) is 0 Å². The largest absolute Gasteiger partial charge is 0.463 e. The minimum Gasteiger partial charge on any atom is -0.463 e. The standard InChI is InChI=1S/C24H28O8/c1-16(25)28-15-20-22(29-13-18-9-5-3-6-10-18)21(27)23(24(32-20)31-17(2)26)30-14-19-11-7-4-8-12-19/h3-12,20-24,27H,13-15H2,1-2H3/t20-,21+,22-,23+,24+/m1/s1. The Balaban J connectivity index is 1.77. The van der Waals surface area contributed by atoms with Crippen LogP contribution in [0, 0.1) is 0 Å². The predicted octanol–water partition coefficient (Wildman–Crippen LogP) is 2.37. The first-order valence-corrected chi connectivity index (χ1v) is 10.4. The van der Waals surface area contributed by atoms with Gasteiger partial charge in [0.1, 0.15) is 31.0 Å². The normalized spacial score (nSPS) is 25.2. The molecular formula is C24H28O8. The van der Waals surface area contributed by atoms with E-state index in [4.69, 9.17) is 23.7 Å². The summed E-state index contributed by atoms with van der Waals surface area (Å²) >= 11 is 0. The molecule has 172 valence electrons. The van der Waals surface area contributed by atoms with E-state index in [1.165, 1.54) is 13.8 Å². The van der Waals surface area contributed by atoms with Gasteiger partial charge in [0.05, 0.1) is 13.2 Å². The lowest BCUT2D eigenvalue weighted by Crippen LogP contribution is -2.61. The summed E-state index contributed by atoms with van der Waals surface area (Å²) in [5.74, 6) is -1.10. The Kier molecular flexibility index (Phi) is 8.75. The smallest absolute Gasteiger partial charge is 0.305 e. The summed E-state index contributed by atoms with van der Waals surface area (Å²) in [6.45, 7) is 2.71. The average molecular weight is 444 g/mol. The SMILES string of the molecule is CC(=O)OC[C@H]1O[C@H](OC(C)=O)[C@@H](OCc2ccccc2)[C@@H](O)[C@@H]1OCc1ccccc1. The zero-order chi connectivity index (χ0) is 22.9. The lowest BCUT2D eigenvalue weighted by atomic mass is 9.98. The fourth-order valence-corrected chi connectivity index (χ4v) is 3.40. The molecule has 0 aromatic heterocycles. The highest BCUT2D eigenvalue weighted by Crippen LogP contribution is 2.28. The fourth-order valence-electron chi connectivity index (χ4n) is 3.40. The molecule has 0 spiro atoms. The van der Waals surface area contributed by atoms with Crippen LogP contribution in [0.2, 0.25) is 0 Å². The third kappa shape index (κ3) is 6.86. The lowest BCUT2D eigenvalue weighted by molar-refractivity contribution is -0.310. The Hall–Kier alpha value is -2.78. The molecule has 0 amide bonds. The highest BCUT2D eigenvalue weighted by atomic mass is 16.7. The Labute approximate surface area is 187 Å². The van der Waals surface area contributed by atoms with Crippen molar-refractivity contribution in [1.82, 2.24) is 0 Å². The van der Waals surface area contributed by atoms with Crippen LogP contribution in [-0.2, 0) is 46.5 Å². The summed E-state index contributed by atoms with van der Waals surface area (Å²) in [7, 11) is 0. The molecule has 1 fully saturated rings. The van der Waals surface area contributed by atoms with Gasteiger partial charge in [-0.1, -0.05) is 60.7 Å². The molecule has 0 radical (unpaired) electrons. The van der Waals surface area contributed by atoms with Crippen LogP contribution >= 0.6 is 0 Å². The zero-order valence-electron chi connectivity index (χ0n) is 18.1. The van der Waals surface area contributed by atoms with Gasteiger partial charge in [-0.15, -0.1) is 0 Å². The highest BCUT2D eigenvalue weighted by molar-refractivity contribution is 5.66. The number of esters is 2. The molecule has 2 aromatic carbocycles. The van der Waals surface area contributed by atoms with E-state index in [-0.39, 0.29) is 19.8 Å². The Morgan fingerprint density at radius 2 is 1.38 bits per heavy atom. The quantitative estimate of drug-likeness (QED) is 0.589. The summed E-state index contributed by atoms with van der Waals surface area (Å²) in [4.78, 5) is 23.0. The molecule has 1 aliphatic heterocycles. The van der Waals surface area contributed by atoms with E-state index >= 15 is 0 Å². The molecule has 0 bridgehead atoms. The number of carbonyl (C=O) groups is 2. The number of benzene rings is 2. The molecule has 0 unspecified atom stereocenters. The summed E-state index contributed by atoms with van der Waals surface area (Å²) < 4.78 is 28.1. The first kappa shape index (κ1) is 23.9. The molecule has 0 aliphatic carbocycles.